The fraction of sp³-hybridized carbons (Fsp3) is 0.500. The third kappa shape index (κ3) is 2.08. The summed E-state index contributed by atoms with van der Waals surface area (Å²) in [5.41, 5.74) is 3.07. The summed E-state index contributed by atoms with van der Waals surface area (Å²) in [6.07, 6.45) is 2.24. The molecule has 0 bridgehead atoms. The molecule has 1 aromatic heterocycles. The molecule has 0 radical (unpaired) electrons. The van der Waals surface area contributed by atoms with Crippen molar-refractivity contribution in [2.75, 3.05) is 13.2 Å². The van der Waals surface area contributed by atoms with Crippen molar-refractivity contribution in [2.45, 2.75) is 26.3 Å². The Morgan fingerprint density at radius 1 is 1.50 bits per heavy atom. The largest absolute Gasteiger partial charge is 0.381 e. The van der Waals surface area contributed by atoms with E-state index < -0.39 is 0 Å². The molecule has 1 N–H and O–H groups in total. The summed E-state index contributed by atoms with van der Waals surface area (Å²) in [6.45, 7) is 4.41. The monoisotopic (exact) mass is 246 g/mol. The van der Waals surface area contributed by atoms with Crippen LogP contribution in [0.5, 0.6) is 0 Å². The maximum absolute atomic E-state index is 12.0. The molecule has 1 atom stereocenters. The van der Waals surface area contributed by atoms with E-state index in [0.29, 0.717) is 5.92 Å². The molecule has 1 aliphatic rings. The van der Waals surface area contributed by atoms with Crippen LogP contribution < -0.4 is 5.69 Å². The Morgan fingerprint density at radius 2 is 2.39 bits per heavy atom. The van der Waals surface area contributed by atoms with Crippen molar-refractivity contribution < 1.29 is 4.74 Å². The van der Waals surface area contributed by atoms with E-state index in [1.165, 1.54) is 0 Å². The second-order valence-electron chi connectivity index (χ2n) is 5.14. The molecular weight excluding hydrogens is 228 g/mol. The first kappa shape index (κ1) is 11.5. The molecule has 3 rings (SSSR count). The third-order valence-electron chi connectivity index (χ3n) is 3.62. The van der Waals surface area contributed by atoms with Gasteiger partial charge in [0.2, 0.25) is 0 Å². The van der Waals surface area contributed by atoms with E-state index >= 15 is 0 Å². The number of rotatable bonds is 2. The number of aryl methyl sites for hydroxylation is 1. The first-order valence-corrected chi connectivity index (χ1v) is 6.51. The Bertz CT molecular complexity index is 606. The lowest BCUT2D eigenvalue weighted by Gasteiger charge is -2.22. The number of fused-ring (bicyclic) bond motifs is 1. The molecular formula is C14H18N2O2. The quantitative estimate of drug-likeness (QED) is 0.881. The standard InChI is InChI=1S/C14H18N2O2/c1-10-4-5-13-12(7-10)15-14(17)16(13)8-11-3-2-6-18-9-11/h4-5,7,11H,2-3,6,8-9H2,1H3,(H,15,17). The van der Waals surface area contributed by atoms with E-state index in [1.807, 2.05) is 29.7 Å². The van der Waals surface area contributed by atoms with Gasteiger partial charge in [0.05, 0.1) is 17.6 Å². The van der Waals surface area contributed by atoms with Crippen molar-refractivity contribution in [1.29, 1.82) is 0 Å². The van der Waals surface area contributed by atoms with Gasteiger partial charge in [0, 0.05) is 19.1 Å². The highest BCUT2D eigenvalue weighted by Gasteiger charge is 2.17. The number of nitrogens with zero attached hydrogens (tertiary/aromatic N) is 1. The van der Waals surface area contributed by atoms with E-state index in [4.69, 9.17) is 4.74 Å². The molecule has 1 fully saturated rings. The van der Waals surface area contributed by atoms with Crippen LogP contribution in [0.4, 0.5) is 0 Å². The zero-order valence-corrected chi connectivity index (χ0v) is 10.6. The summed E-state index contributed by atoms with van der Waals surface area (Å²) in [7, 11) is 0. The van der Waals surface area contributed by atoms with Crippen molar-refractivity contribution in [3.05, 3.63) is 34.2 Å². The topological polar surface area (TPSA) is 47.0 Å². The highest BCUT2D eigenvalue weighted by atomic mass is 16.5. The van der Waals surface area contributed by atoms with Gasteiger partial charge in [0.1, 0.15) is 0 Å². The summed E-state index contributed by atoms with van der Waals surface area (Å²) in [6, 6.07) is 6.08. The molecule has 1 aliphatic heterocycles. The van der Waals surface area contributed by atoms with Crippen molar-refractivity contribution >= 4 is 11.0 Å². The second-order valence-corrected chi connectivity index (χ2v) is 5.14. The summed E-state index contributed by atoms with van der Waals surface area (Å²) in [5, 5.41) is 0. The SMILES string of the molecule is Cc1ccc2c(c1)[nH]c(=O)n2CC1CCCOC1. The molecule has 2 heterocycles. The van der Waals surface area contributed by atoms with Crippen molar-refractivity contribution in [2.24, 2.45) is 5.92 Å². The smallest absolute Gasteiger partial charge is 0.326 e. The van der Waals surface area contributed by atoms with Gasteiger partial charge in [-0.2, -0.15) is 0 Å². The van der Waals surface area contributed by atoms with Gasteiger partial charge >= 0.3 is 5.69 Å². The van der Waals surface area contributed by atoms with Crippen LogP contribution in [0.25, 0.3) is 11.0 Å². The van der Waals surface area contributed by atoms with Gasteiger partial charge in [-0.3, -0.25) is 4.57 Å². The molecule has 0 amide bonds. The predicted molar refractivity (Wildman–Crippen MR) is 70.8 cm³/mol. The molecule has 4 nitrogen and oxygen atoms in total. The molecule has 1 aromatic carbocycles. The van der Waals surface area contributed by atoms with Gasteiger partial charge in [-0.25, -0.2) is 4.79 Å². The van der Waals surface area contributed by atoms with Crippen LogP contribution in [0, 0.1) is 12.8 Å². The van der Waals surface area contributed by atoms with Crippen molar-refractivity contribution in [3.63, 3.8) is 0 Å². The summed E-state index contributed by atoms with van der Waals surface area (Å²) < 4.78 is 7.32. The Kier molecular flexibility index (Phi) is 2.96. The van der Waals surface area contributed by atoms with E-state index in [2.05, 4.69) is 4.98 Å². The highest BCUT2D eigenvalue weighted by Crippen LogP contribution is 2.18. The molecule has 0 saturated carbocycles. The zero-order valence-electron chi connectivity index (χ0n) is 10.6. The van der Waals surface area contributed by atoms with Gasteiger partial charge in [-0.15, -0.1) is 0 Å². The second kappa shape index (κ2) is 4.61. The average Bonchev–Trinajstić information content (AvgIpc) is 2.66. The molecule has 1 saturated heterocycles. The maximum atomic E-state index is 12.0. The third-order valence-corrected chi connectivity index (χ3v) is 3.62. The number of hydrogen-bond donors (Lipinski definition) is 1. The summed E-state index contributed by atoms with van der Waals surface area (Å²) in [5.74, 6) is 0.455. The van der Waals surface area contributed by atoms with Gasteiger partial charge < -0.3 is 9.72 Å². The first-order chi connectivity index (χ1) is 8.74. The number of H-pyrrole nitrogens is 1. The van der Waals surface area contributed by atoms with Crippen LogP contribution in [0.15, 0.2) is 23.0 Å². The van der Waals surface area contributed by atoms with Crippen LogP contribution >= 0.6 is 0 Å². The van der Waals surface area contributed by atoms with Gasteiger partial charge in [-0.1, -0.05) is 6.07 Å². The van der Waals surface area contributed by atoms with Crippen molar-refractivity contribution in [1.82, 2.24) is 9.55 Å². The maximum Gasteiger partial charge on any atom is 0.326 e. The molecule has 1 unspecified atom stereocenters. The first-order valence-electron chi connectivity index (χ1n) is 6.51. The van der Waals surface area contributed by atoms with Crippen LogP contribution in [0.2, 0.25) is 0 Å². The number of benzene rings is 1. The summed E-state index contributed by atoms with van der Waals surface area (Å²) >= 11 is 0. The number of aromatic nitrogens is 2. The van der Waals surface area contributed by atoms with Crippen LogP contribution in [-0.2, 0) is 11.3 Å². The predicted octanol–water partition coefficient (Wildman–Crippen LogP) is 2.06. The zero-order chi connectivity index (χ0) is 12.5. The van der Waals surface area contributed by atoms with Crippen molar-refractivity contribution in [3.8, 4) is 0 Å². The minimum Gasteiger partial charge on any atom is -0.381 e. The van der Waals surface area contributed by atoms with E-state index in [9.17, 15) is 4.79 Å². The lowest BCUT2D eigenvalue weighted by Crippen LogP contribution is -2.27. The number of ether oxygens (including phenoxy) is 1. The van der Waals surface area contributed by atoms with E-state index in [-0.39, 0.29) is 5.69 Å². The van der Waals surface area contributed by atoms with Gasteiger partial charge in [0.15, 0.2) is 0 Å². The Hall–Kier alpha value is -1.55. The van der Waals surface area contributed by atoms with Crippen LogP contribution in [0.1, 0.15) is 18.4 Å². The normalized spacial score (nSPS) is 20.4. The average molecular weight is 246 g/mol. The molecule has 0 spiro atoms. The minimum atomic E-state index is -0.0128. The Balaban J connectivity index is 1.95. The fourth-order valence-electron chi connectivity index (χ4n) is 2.67. The lowest BCUT2D eigenvalue weighted by molar-refractivity contribution is 0.0485. The Labute approximate surface area is 106 Å². The van der Waals surface area contributed by atoms with Crippen LogP contribution in [-0.4, -0.2) is 22.8 Å². The minimum absolute atomic E-state index is 0.0128. The molecule has 18 heavy (non-hydrogen) atoms. The number of imidazole rings is 1. The van der Waals surface area contributed by atoms with Gasteiger partial charge in [-0.05, 0) is 37.5 Å². The van der Waals surface area contributed by atoms with E-state index in [0.717, 1.165) is 49.2 Å². The number of aromatic amines is 1. The molecule has 96 valence electrons. The lowest BCUT2D eigenvalue weighted by atomic mass is 10.0. The number of nitrogens with one attached hydrogen (secondary N) is 1. The number of hydrogen-bond acceptors (Lipinski definition) is 2. The fourth-order valence-corrected chi connectivity index (χ4v) is 2.67. The molecule has 4 heteroatoms. The van der Waals surface area contributed by atoms with Gasteiger partial charge in [0.25, 0.3) is 0 Å². The Morgan fingerprint density at radius 3 is 3.17 bits per heavy atom. The van der Waals surface area contributed by atoms with Crippen LogP contribution in [0.3, 0.4) is 0 Å². The molecule has 0 aliphatic carbocycles. The summed E-state index contributed by atoms with van der Waals surface area (Å²) in [4.78, 5) is 14.9. The highest BCUT2D eigenvalue weighted by molar-refractivity contribution is 5.75. The van der Waals surface area contributed by atoms with E-state index in [1.54, 1.807) is 0 Å². The molecule has 2 aromatic rings.